The Labute approximate surface area is 193 Å². The fourth-order valence-electron chi connectivity index (χ4n) is 3.20. The number of nitrogens with zero attached hydrogens (tertiary/aromatic N) is 1. The van der Waals surface area contributed by atoms with Crippen molar-refractivity contribution in [2.24, 2.45) is 0 Å². The molecule has 6 nitrogen and oxygen atoms in total. The van der Waals surface area contributed by atoms with Crippen LogP contribution in [0.2, 0.25) is 0 Å². The average molecular weight is 443 g/mol. The van der Waals surface area contributed by atoms with E-state index in [1.165, 1.54) is 0 Å². The Balaban J connectivity index is 1.73. The monoisotopic (exact) mass is 443 g/mol. The lowest BCUT2D eigenvalue weighted by atomic mass is 10.0. The molecule has 3 aromatic rings. The van der Waals surface area contributed by atoms with Gasteiger partial charge in [0.25, 0.3) is 0 Å². The molecule has 168 valence electrons. The molecule has 0 aliphatic heterocycles. The summed E-state index contributed by atoms with van der Waals surface area (Å²) < 4.78 is 21.6. The third-order valence-corrected chi connectivity index (χ3v) is 5.12. The molecule has 0 atom stereocenters. The number of methoxy groups -OCH3 is 2. The molecule has 6 heteroatoms. The highest BCUT2D eigenvalue weighted by molar-refractivity contribution is 5.90. The summed E-state index contributed by atoms with van der Waals surface area (Å²) in [7, 11) is 3.09. The average Bonchev–Trinajstić information content (AvgIpc) is 2.83. The number of carbonyl (C=O) groups is 1. The van der Waals surface area contributed by atoms with E-state index in [2.05, 4.69) is 6.07 Å². The normalized spacial score (nSPS) is 10.8. The van der Waals surface area contributed by atoms with Crippen molar-refractivity contribution in [2.75, 3.05) is 20.8 Å². The first-order valence-corrected chi connectivity index (χ1v) is 10.3. The highest BCUT2D eigenvalue weighted by atomic mass is 16.6. The van der Waals surface area contributed by atoms with Gasteiger partial charge in [0.1, 0.15) is 11.5 Å². The SMILES string of the molecule is COc1ccc(/C(C#N)=C\c2cccc(OC(=O)COc3cccc(C)c3C)c2)cc1OC. The second-order valence-electron chi connectivity index (χ2n) is 7.27. The summed E-state index contributed by atoms with van der Waals surface area (Å²) in [6.45, 7) is 3.72. The highest BCUT2D eigenvalue weighted by Crippen LogP contribution is 2.31. The molecule has 0 spiro atoms. The van der Waals surface area contributed by atoms with Crippen LogP contribution in [0.15, 0.2) is 60.7 Å². The Kier molecular flexibility index (Phi) is 7.72. The van der Waals surface area contributed by atoms with Crippen LogP contribution in [0.3, 0.4) is 0 Å². The largest absolute Gasteiger partial charge is 0.493 e. The number of hydrogen-bond donors (Lipinski definition) is 0. The van der Waals surface area contributed by atoms with Crippen molar-refractivity contribution in [1.82, 2.24) is 0 Å². The van der Waals surface area contributed by atoms with Crippen LogP contribution < -0.4 is 18.9 Å². The molecular weight excluding hydrogens is 418 g/mol. The molecule has 0 aliphatic carbocycles. The molecule has 3 aromatic carbocycles. The molecule has 0 amide bonds. The molecule has 3 rings (SSSR count). The number of aryl methyl sites for hydroxylation is 1. The zero-order chi connectivity index (χ0) is 23.8. The van der Waals surface area contributed by atoms with Gasteiger partial charge in [-0.3, -0.25) is 0 Å². The molecule has 0 aromatic heterocycles. The molecule has 0 N–H and O–H groups in total. The summed E-state index contributed by atoms with van der Waals surface area (Å²) in [5.74, 6) is 1.61. The maximum Gasteiger partial charge on any atom is 0.349 e. The van der Waals surface area contributed by atoms with Gasteiger partial charge in [0.05, 0.1) is 25.9 Å². The molecule has 0 unspecified atom stereocenters. The van der Waals surface area contributed by atoms with Gasteiger partial charge >= 0.3 is 5.97 Å². The number of carbonyl (C=O) groups excluding carboxylic acids is 1. The van der Waals surface area contributed by atoms with E-state index in [9.17, 15) is 10.1 Å². The number of esters is 1. The first kappa shape index (κ1) is 23.4. The molecule has 0 saturated heterocycles. The summed E-state index contributed by atoms with van der Waals surface area (Å²) in [5.41, 5.74) is 3.89. The van der Waals surface area contributed by atoms with Gasteiger partial charge in [-0.25, -0.2) is 4.79 Å². The predicted molar refractivity (Wildman–Crippen MR) is 127 cm³/mol. The zero-order valence-corrected chi connectivity index (χ0v) is 19.0. The van der Waals surface area contributed by atoms with Crippen LogP contribution >= 0.6 is 0 Å². The van der Waals surface area contributed by atoms with E-state index < -0.39 is 5.97 Å². The second-order valence-corrected chi connectivity index (χ2v) is 7.27. The van der Waals surface area contributed by atoms with E-state index in [1.807, 2.05) is 38.1 Å². The van der Waals surface area contributed by atoms with Crippen molar-refractivity contribution < 1.29 is 23.7 Å². The van der Waals surface area contributed by atoms with E-state index in [0.29, 0.717) is 39.7 Å². The van der Waals surface area contributed by atoms with E-state index >= 15 is 0 Å². The molecule has 0 bridgehead atoms. The topological polar surface area (TPSA) is 77.8 Å². The lowest BCUT2D eigenvalue weighted by molar-refractivity contribution is -0.136. The molecule has 0 heterocycles. The lowest BCUT2D eigenvalue weighted by Crippen LogP contribution is -2.18. The number of allylic oxidation sites excluding steroid dienone is 1. The number of rotatable bonds is 8. The van der Waals surface area contributed by atoms with Crippen LogP contribution in [-0.2, 0) is 4.79 Å². The van der Waals surface area contributed by atoms with Crippen LogP contribution in [0.25, 0.3) is 11.6 Å². The van der Waals surface area contributed by atoms with Crippen molar-refractivity contribution in [1.29, 1.82) is 5.26 Å². The van der Waals surface area contributed by atoms with Gasteiger partial charge in [-0.1, -0.05) is 24.3 Å². The maximum atomic E-state index is 12.3. The highest BCUT2D eigenvalue weighted by Gasteiger charge is 2.11. The fraction of sp³-hybridized carbons (Fsp3) is 0.185. The molecule has 0 aliphatic rings. The third kappa shape index (κ3) is 5.92. The van der Waals surface area contributed by atoms with Crippen molar-refractivity contribution in [3.63, 3.8) is 0 Å². The molecule has 0 saturated carbocycles. The quantitative estimate of drug-likeness (QED) is 0.202. The molecule has 0 radical (unpaired) electrons. The maximum absolute atomic E-state index is 12.3. The minimum absolute atomic E-state index is 0.209. The first-order chi connectivity index (χ1) is 15.9. The Morgan fingerprint density at radius 2 is 1.70 bits per heavy atom. The third-order valence-electron chi connectivity index (χ3n) is 5.12. The molecular formula is C27H25NO5. The van der Waals surface area contributed by atoms with Gasteiger partial charge in [0.2, 0.25) is 0 Å². The minimum Gasteiger partial charge on any atom is -0.493 e. The Hall–Kier alpha value is -4.24. The first-order valence-electron chi connectivity index (χ1n) is 10.3. The van der Waals surface area contributed by atoms with Crippen molar-refractivity contribution >= 4 is 17.6 Å². The van der Waals surface area contributed by atoms with Gasteiger partial charge in [0, 0.05) is 0 Å². The zero-order valence-electron chi connectivity index (χ0n) is 19.0. The number of nitriles is 1. The van der Waals surface area contributed by atoms with Gasteiger partial charge < -0.3 is 18.9 Å². The molecule has 33 heavy (non-hydrogen) atoms. The van der Waals surface area contributed by atoms with E-state index in [1.54, 1.807) is 56.7 Å². The van der Waals surface area contributed by atoms with E-state index in [0.717, 1.165) is 11.1 Å². The van der Waals surface area contributed by atoms with Gasteiger partial charge in [-0.2, -0.15) is 5.26 Å². The fourth-order valence-corrected chi connectivity index (χ4v) is 3.20. The van der Waals surface area contributed by atoms with E-state index in [-0.39, 0.29) is 6.61 Å². The lowest BCUT2D eigenvalue weighted by Gasteiger charge is -2.11. The van der Waals surface area contributed by atoms with Crippen LogP contribution in [0, 0.1) is 25.2 Å². The summed E-state index contributed by atoms with van der Waals surface area (Å²) in [6, 6.07) is 20.1. The Morgan fingerprint density at radius 3 is 2.42 bits per heavy atom. The number of ether oxygens (including phenoxy) is 4. The standard InChI is InChI=1S/C27H25NO5/c1-18-7-5-10-24(19(18)2)32-17-27(29)33-23-9-6-8-20(14-23)13-22(16-28)21-11-12-25(30-3)26(15-21)31-4/h5-15H,17H2,1-4H3/b22-13-. The van der Waals surface area contributed by atoms with Crippen LogP contribution in [0.4, 0.5) is 0 Å². The predicted octanol–water partition coefficient (Wildman–Crippen LogP) is 5.37. The molecule has 0 fully saturated rings. The smallest absolute Gasteiger partial charge is 0.349 e. The van der Waals surface area contributed by atoms with Crippen molar-refractivity contribution in [3.8, 4) is 29.1 Å². The Bertz CT molecular complexity index is 1220. The van der Waals surface area contributed by atoms with Crippen LogP contribution in [0.1, 0.15) is 22.3 Å². The van der Waals surface area contributed by atoms with Crippen molar-refractivity contribution in [3.05, 3.63) is 82.9 Å². The summed E-state index contributed by atoms with van der Waals surface area (Å²) in [5, 5.41) is 9.67. The van der Waals surface area contributed by atoms with Crippen molar-refractivity contribution in [2.45, 2.75) is 13.8 Å². The number of benzene rings is 3. The van der Waals surface area contributed by atoms with Gasteiger partial charge in [0.15, 0.2) is 18.1 Å². The second kappa shape index (κ2) is 10.9. The number of hydrogen-bond acceptors (Lipinski definition) is 6. The van der Waals surface area contributed by atoms with Gasteiger partial charge in [-0.05, 0) is 78.6 Å². The summed E-state index contributed by atoms with van der Waals surface area (Å²) in [4.78, 5) is 12.3. The van der Waals surface area contributed by atoms with Crippen LogP contribution in [-0.4, -0.2) is 26.8 Å². The van der Waals surface area contributed by atoms with E-state index in [4.69, 9.17) is 18.9 Å². The van der Waals surface area contributed by atoms with Crippen LogP contribution in [0.5, 0.6) is 23.0 Å². The summed E-state index contributed by atoms with van der Waals surface area (Å²) in [6.07, 6.45) is 1.71. The minimum atomic E-state index is -0.516. The summed E-state index contributed by atoms with van der Waals surface area (Å²) >= 11 is 0. The Morgan fingerprint density at radius 1 is 0.939 bits per heavy atom. The van der Waals surface area contributed by atoms with Gasteiger partial charge in [-0.15, -0.1) is 0 Å².